The number of allylic oxidation sites excluding steroid dienone is 2. The third-order valence-electron chi connectivity index (χ3n) is 4.31. The molecule has 0 amide bonds. The second-order valence-corrected chi connectivity index (χ2v) is 6.61. The van der Waals surface area contributed by atoms with Crippen molar-refractivity contribution < 1.29 is 28.5 Å². The van der Waals surface area contributed by atoms with Crippen LogP contribution < -0.4 is 23.7 Å². The van der Waals surface area contributed by atoms with E-state index in [-0.39, 0.29) is 5.78 Å². The van der Waals surface area contributed by atoms with Gasteiger partial charge < -0.3 is 23.7 Å². The van der Waals surface area contributed by atoms with Gasteiger partial charge in [-0.25, -0.2) is 0 Å². The van der Waals surface area contributed by atoms with Gasteiger partial charge in [-0.05, 0) is 43.7 Å². The second-order valence-electron chi connectivity index (χ2n) is 6.61. The maximum absolute atomic E-state index is 13.0. The van der Waals surface area contributed by atoms with Crippen molar-refractivity contribution >= 4 is 11.9 Å². The molecule has 0 radical (unpaired) electrons. The fourth-order valence-electron chi connectivity index (χ4n) is 2.71. The topological polar surface area (TPSA) is 63.2 Å². The number of ketones is 1. The van der Waals surface area contributed by atoms with Gasteiger partial charge in [-0.2, -0.15) is 0 Å². The zero-order valence-corrected chi connectivity index (χ0v) is 18.3. The first-order valence-electron chi connectivity index (χ1n) is 9.40. The average molecular weight is 412 g/mol. The molecular formula is C24H28O6. The standard InChI is InChI=1S/C24H28O6/c1-16(2)11-12-30-23-15-18(26-3)14-22(29-6)24(23)19(25)9-7-17-8-10-20(27-4)21(13-17)28-5/h7-11,13-15H,12H2,1-6H3/b9-7+. The Morgan fingerprint density at radius 1 is 0.833 bits per heavy atom. The van der Waals surface area contributed by atoms with Gasteiger partial charge in [0.1, 0.15) is 29.4 Å². The van der Waals surface area contributed by atoms with Gasteiger partial charge in [0.25, 0.3) is 0 Å². The highest BCUT2D eigenvalue weighted by Gasteiger charge is 2.19. The summed E-state index contributed by atoms with van der Waals surface area (Å²) in [6, 6.07) is 8.75. The summed E-state index contributed by atoms with van der Waals surface area (Å²) >= 11 is 0. The first kappa shape index (κ1) is 22.9. The molecule has 2 rings (SSSR count). The molecule has 160 valence electrons. The van der Waals surface area contributed by atoms with Gasteiger partial charge >= 0.3 is 0 Å². The Bertz CT molecular complexity index is 939. The summed E-state index contributed by atoms with van der Waals surface area (Å²) in [6.45, 7) is 4.29. The van der Waals surface area contributed by atoms with Crippen LogP contribution in [-0.2, 0) is 0 Å². The number of carbonyl (C=O) groups excluding carboxylic acids is 1. The molecule has 30 heavy (non-hydrogen) atoms. The van der Waals surface area contributed by atoms with Crippen molar-refractivity contribution in [2.75, 3.05) is 35.0 Å². The number of hydrogen-bond acceptors (Lipinski definition) is 6. The van der Waals surface area contributed by atoms with E-state index in [0.29, 0.717) is 40.9 Å². The van der Waals surface area contributed by atoms with Crippen LogP contribution in [0.2, 0.25) is 0 Å². The van der Waals surface area contributed by atoms with Crippen molar-refractivity contribution in [1.29, 1.82) is 0 Å². The number of carbonyl (C=O) groups is 1. The highest BCUT2D eigenvalue weighted by atomic mass is 16.5. The Labute approximate surface area is 177 Å². The highest BCUT2D eigenvalue weighted by molar-refractivity contribution is 6.10. The first-order valence-corrected chi connectivity index (χ1v) is 9.40. The molecule has 0 aliphatic rings. The van der Waals surface area contributed by atoms with Gasteiger partial charge in [0.2, 0.25) is 0 Å². The summed E-state index contributed by atoms with van der Waals surface area (Å²) in [7, 11) is 6.19. The SMILES string of the molecule is COc1cc(OC)c(C(=O)/C=C/c2ccc(OC)c(OC)c2)c(OCC=C(C)C)c1. The maximum Gasteiger partial charge on any atom is 0.193 e. The molecule has 0 bridgehead atoms. The Balaban J connectivity index is 2.39. The van der Waals surface area contributed by atoms with Crippen molar-refractivity contribution in [2.24, 2.45) is 0 Å². The largest absolute Gasteiger partial charge is 0.496 e. The summed E-state index contributed by atoms with van der Waals surface area (Å²) in [6.07, 6.45) is 5.10. The van der Waals surface area contributed by atoms with Crippen LogP contribution in [0.1, 0.15) is 29.8 Å². The third-order valence-corrected chi connectivity index (χ3v) is 4.31. The average Bonchev–Trinajstić information content (AvgIpc) is 2.76. The molecule has 0 atom stereocenters. The van der Waals surface area contributed by atoms with Crippen molar-refractivity contribution in [1.82, 2.24) is 0 Å². The number of hydrogen-bond donors (Lipinski definition) is 0. The quantitative estimate of drug-likeness (QED) is 0.312. The molecule has 0 fully saturated rings. The molecule has 0 aliphatic heterocycles. The molecule has 0 spiro atoms. The number of methoxy groups -OCH3 is 4. The summed E-state index contributed by atoms with van der Waals surface area (Å²) < 4.78 is 27.1. The minimum Gasteiger partial charge on any atom is -0.496 e. The predicted molar refractivity (Wildman–Crippen MR) is 117 cm³/mol. The second kappa shape index (κ2) is 11.0. The van der Waals surface area contributed by atoms with Crippen LogP contribution in [0, 0.1) is 0 Å². The molecular weight excluding hydrogens is 384 g/mol. The summed E-state index contributed by atoms with van der Waals surface area (Å²) in [5.74, 6) is 2.26. The summed E-state index contributed by atoms with van der Waals surface area (Å²) in [5, 5.41) is 0. The van der Waals surface area contributed by atoms with Crippen molar-refractivity contribution in [3.05, 3.63) is 59.2 Å². The van der Waals surface area contributed by atoms with E-state index >= 15 is 0 Å². The van der Waals surface area contributed by atoms with E-state index in [4.69, 9.17) is 23.7 Å². The third kappa shape index (κ3) is 5.80. The van der Waals surface area contributed by atoms with Gasteiger partial charge in [-0.3, -0.25) is 4.79 Å². The summed E-state index contributed by atoms with van der Waals surface area (Å²) in [5.41, 5.74) is 2.24. The number of benzene rings is 2. The predicted octanol–water partition coefficient (Wildman–Crippen LogP) is 4.96. The molecule has 0 heterocycles. The zero-order valence-electron chi connectivity index (χ0n) is 18.3. The highest BCUT2D eigenvalue weighted by Crippen LogP contribution is 2.35. The normalized spacial score (nSPS) is 10.5. The maximum atomic E-state index is 13.0. The van der Waals surface area contributed by atoms with Gasteiger partial charge in [0.15, 0.2) is 17.3 Å². The van der Waals surface area contributed by atoms with E-state index in [1.807, 2.05) is 26.0 Å². The van der Waals surface area contributed by atoms with E-state index in [2.05, 4.69) is 0 Å². The lowest BCUT2D eigenvalue weighted by Gasteiger charge is -2.14. The van der Waals surface area contributed by atoms with Crippen LogP contribution in [-0.4, -0.2) is 40.8 Å². The Morgan fingerprint density at radius 2 is 1.50 bits per heavy atom. The van der Waals surface area contributed by atoms with E-state index in [0.717, 1.165) is 11.1 Å². The Kier molecular flexibility index (Phi) is 8.35. The lowest BCUT2D eigenvalue weighted by molar-refractivity contribution is 0.104. The van der Waals surface area contributed by atoms with Crippen LogP contribution in [0.3, 0.4) is 0 Å². The molecule has 0 saturated carbocycles. The molecule has 0 aromatic heterocycles. The first-order chi connectivity index (χ1) is 14.4. The van der Waals surface area contributed by atoms with Crippen LogP contribution in [0.4, 0.5) is 0 Å². The molecule has 2 aromatic rings. The molecule has 0 unspecified atom stereocenters. The minimum absolute atomic E-state index is 0.253. The molecule has 6 heteroatoms. The fourth-order valence-corrected chi connectivity index (χ4v) is 2.71. The fraction of sp³-hybridized carbons (Fsp3) is 0.292. The molecule has 0 N–H and O–H groups in total. The van der Waals surface area contributed by atoms with E-state index in [9.17, 15) is 4.79 Å². The van der Waals surface area contributed by atoms with Crippen molar-refractivity contribution in [3.8, 4) is 28.7 Å². The number of ether oxygens (including phenoxy) is 5. The molecule has 2 aromatic carbocycles. The van der Waals surface area contributed by atoms with E-state index in [1.165, 1.54) is 13.2 Å². The van der Waals surface area contributed by atoms with Crippen molar-refractivity contribution in [3.63, 3.8) is 0 Å². The minimum atomic E-state index is -0.253. The Hall–Kier alpha value is -3.41. The Morgan fingerprint density at radius 3 is 2.10 bits per heavy atom. The lowest BCUT2D eigenvalue weighted by atomic mass is 10.1. The zero-order chi connectivity index (χ0) is 22.1. The number of rotatable bonds is 10. The monoisotopic (exact) mass is 412 g/mol. The van der Waals surface area contributed by atoms with Gasteiger partial charge in [0.05, 0.1) is 28.4 Å². The molecule has 0 saturated heterocycles. The van der Waals surface area contributed by atoms with Crippen LogP contribution in [0.25, 0.3) is 6.08 Å². The smallest absolute Gasteiger partial charge is 0.193 e. The van der Waals surface area contributed by atoms with E-state index in [1.54, 1.807) is 51.7 Å². The van der Waals surface area contributed by atoms with E-state index < -0.39 is 0 Å². The van der Waals surface area contributed by atoms with Crippen LogP contribution in [0.5, 0.6) is 28.7 Å². The van der Waals surface area contributed by atoms with Crippen molar-refractivity contribution in [2.45, 2.75) is 13.8 Å². The lowest BCUT2D eigenvalue weighted by Crippen LogP contribution is -2.06. The molecule has 6 nitrogen and oxygen atoms in total. The molecule has 0 aliphatic carbocycles. The van der Waals surface area contributed by atoms with Crippen LogP contribution in [0.15, 0.2) is 48.1 Å². The van der Waals surface area contributed by atoms with Gasteiger partial charge in [-0.1, -0.05) is 17.7 Å². The van der Waals surface area contributed by atoms with Gasteiger partial charge in [-0.15, -0.1) is 0 Å². The van der Waals surface area contributed by atoms with Gasteiger partial charge in [0, 0.05) is 12.1 Å². The summed E-state index contributed by atoms with van der Waals surface area (Å²) in [4.78, 5) is 13.0. The van der Waals surface area contributed by atoms with Crippen LogP contribution >= 0.6 is 0 Å².